The van der Waals surface area contributed by atoms with Crippen LogP contribution in [-0.4, -0.2) is 22.0 Å². The predicted octanol–water partition coefficient (Wildman–Crippen LogP) is 5.83. The van der Waals surface area contributed by atoms with Gasteiger partial charge in [-0.25, -0.2) is 10.4 Å². The van der Waals surface area contributed by atoms with Gasteiger partial charge in [0.25, 0.3) is 5.91 Å². The van der Waals surface area contributed by atoms with Crippen molar-refractivity contribution in [2.24, 2.45) is 5.10 Å². The van der Waals surface area contributed by atoms with Gasteiger partial charge in [0.1, 0.15) is 4.92 Å². The van der Waals surface area contributed by atoms with E-state index in [9.17, 15) is 14.9 Å². The molecule has 0 saturated carbocycles. The van der Waals surface area contributed by atoms with E-state index in [0.29, 0.717) is 22.2 Å². The Morgan fingerprint density at radius 1 is 0.886 bits per heavy atom. The Balaban J connectivity index is 1.43. The van der Waals surface area contributed by atoms with Crippen LogP contribution < -0.4 is 5.43 Å². The van der Waals surface area contributed by atoms with Crippen molar-refractivity contribution in [3.8, 4) is 22.4 Å². The Morgan fingerprint density at radius 2 is 1.57 bits per heavy atom. The Labute approximate surface area is 199 Å². The van der Waals surface area contributed by atoms with E-state index in [4.69, 9.17) is 9.40 Å². The minimum atomic E-state index is -0.646. The SMILES string of the molecule is O=C(N/N=C\c1ccc([N+](=O)[O-])o1)c1cc(-c2ccc(-c3ccccc3)cc2)nc2ccccc12. The highest BCUT2D eigenvalue weighted by molar-refractivity contribution is 6.07. The molecule has 35 heavy (non-hydrogen) atoms. The van der Waals surface area contributed by atoms with Crippen LogP contribution in [0.2, 0.25) is 0 Å². The first kappa shape index (κ1) is 21.7. The lowest BCUT2D eigenvalue weighted by Gasteiger charge is -2.10. The summed E-state index contributed by atoms with van der Waals surface area (Å²) in [4.78, 5) is 27.8. The van der Waals surface area contributed by atoms with Crippen LogP contribution in [0, 0.1) is 10.1 Å². The van der Waals surface area contributed by atoms with Crippen LogP contribution in [0.5, 0.6) is 0 Å². The molecule has 8 nitrogen and oxygen atoms in total. The Morgan fingerprint density at radius 3 is 2.31 bits per heavy atom. The number of aromatic nitrogens is 1. The van der Waals surface area contributed by atoms with Crippen molar-refractivity contribution in [1.82, 2.24) is 10.4 Å². The lowest BCUT2D eigenvalue weighted by molar-refractivity contribution is -0.402. The number of furan rings is 1. The van der Waals surface area contributed by atoms with Gasteiger partial charge in [-0.2, -0.15) is 5.10 Å². The Hall–Kier alpha value is -5.11. The molecule has 0 saturated heterocycles. The quantitative estimate of drug-likeness (QED) is 0.194. The number of nitrogens with one attached hydrogen (secondary N) is 1. The molecule has 0 aliphatic heterocycles. The Kier molecular flexibility index (Phi) is 5.83. The number of pyridine rings is 1. The average Bonchev–Trinajstić information content (AvgIpc) is 3.38. The van der Waals surface area contributed by atoms with Crippen LogP contribution in [0.4, 0.5) is 5.88 Å². The molecule has 0 fully saturated rings. The van der Waals surface area contributed by atoms with E-state index < -0.39 is 16.7 Å². The third-order valence-corrected chi connectivity index (χ3v) is 5.40. The second-order valence-electron chi connectivity index (χ2n) is 7.65. The zero-order chi connectivity index (χ0) is 24.2. The fourth-order valence-electron chi connectivity index (χ4n) is 3.70. The molecule has 8 heteroatoms. The van der Waals surface area contributed by atoms with Gasteiger partial charge in [-0.3, -0.25) is 14.9 Å². The van der Waals surface area contributed by atoms with Crippen LogP contribution in [0.3, 0.4) is 0 Å². The van der Waals surface area contributed by atoms with Crippen molar-refractivity contribution in [3.05, 3.63) is 118 Å². The first-order chi connectivity index (χ1) is 17.1. The van der Waals surface area contributed by atoms with Crippen molar-refractivity contribution >= 4 is 28.9 Å². The fraction of sp³-hybridized carbons (Fsp3) is 0. The van der Waals surface area contributed by atoms with Crippen molar-refractivity contribution < 1.29 is 14.1 Å². The molecule has 2 heterocycles. The maximum absolute atomic E-state index is 13.0. The van der Waals surface area contributed by atoms with Gasteiger partial charge in [0.2, 0.25) is 0 Å². The zero-order valence-corrected chi connectivity index (χ0v) is 18.3. The molecule has 0 unspecified atom stereocenters. The lowest BCUT2D eigenvalue weighted by Crippen LogP contribution is -2.18. The third kappa shape index (κ3) is 4.67. The summed E-state index contributed by atoms with van der Waals surface area (Å²) < 4.78 is 5.01. The van der Waals surface area contributed by atoms with Crippen molar-refractivity contribution in [2.45, 2.75) is 0 Å². The lowest BCUT2D eigenvalue weighted by atomic mass is 10.0. The highest BCUT2D eigenvalue weighted by Gasteiger charge is 2.14. The molecule has 0 spiro atoms. The summed E-state index contributed by atoms with van der Waals surface area (Å²) in [5.41, 5.74) is 7.26. The summed E-state index contributed by atoms with van der Waals surface area (Å²) in [7, 11) is 0. The largest absolute Gasteiger partial charge is 0.433 e. The molecule has 2 aromatic heterocycles. The van der Waals surface area contributed by atoms with Crippen molar-refractivity contribution in [3.63, 3.8) is 0 Å². The van der Waals surface area contributed by atoms with Crippen molar-refractivity contribution in [2.75, 3.05) is 0 Å². The highest BCUT2D eigenvalue weighted by Crippen LogP contribution is 2.27. The Bertz CT molecular complexity index is 1560. The van der Waals surface area contributed by atoms with Crippen LogP contribution in [-0.2, 0) is 0 Å². The van der Waals surface area contributed by atoms with Gasteiger partial charge >= 0.3 is 5.88 Å². The monoisotopic (exact) mass is 462 g/mol. The summed E-state index contributed by atoms with van der Waals surface area (Å²) in [5, 5.41) is 15.3. The van der Waals surface area contributed by atoms with E-state index in [-0.39, 0.29) is 5.76 Å². The number of fused-ring (bicyclic) bond motifs is 1. The molecule has 1 N–H and O–H groups in total. The van der Waals surface area contributed by atoms with E-state index in [1.165, 1.54) is 18.3 Å². The highest BCUT2D eigenvalue weighted by atomic mass is 16.6. The number of rotatable bonds is 6. The van der Waals surface area contributed by atoms with Crippen LogP contribution in [0.25, 0.3) is 33.3 Å². The number of hydrogen-bond acceptors (Lipinski definition) is 6. The normalized spacial score (nSPS) is 11.1. The van der Waals surface area contributed by atoms with Crippen LogP contribution in [0.15, 0.2) is 107 Å². The number of hydrazone groups is 1. The molecular formula is C27H18N4O4. The van der Waals surface area contributed by atoms with Crippen molar-refractivity contribution in [1.29, 1.82) is 0 Å². The van der Waals surface area contributed by atoms with Crippen LogP contribution in [0.1, 0.15) is 16.1 Å². The van der Waals surface area contributed by atoms with Gasteiger partial charge in [-0.1, -0.05) is 72.8 Å². The molecule has 5 rings (SSSR count). The van der Waals surface area contributed by atoms with E-state index in [2.05, 4.69) is 10.5 Å². The summed E-state index contributed by atoms with van der Waals surface area (Å²) in [6.45, 7) is 0. The second-order valence-corrected chi connectivity index (χ2v) is 7.65. The summed E-state index contributed by atoms with van der Waals surface area (Å²) in [6, 6.07) is 29.8. The first-order valence-electron chi connectivity index (χ1n) is 10.7. The summed E-state index contributed by atoms with van der Waals surface area (Å²) in [5.74, 6) is -0.695. The molecule has 1 amide bonds. The maximum Gasteiger partial charge on any atom is 0.433 e. The first-order valence-corrected chi connectivity index (χ1v) is 10.7. The number of hydrogen-bond donors (Lipinski definition) is 1. The number of benzene rings is 3. The predicted molar refractivity (Wildman–Crippen MR) is 133 cm³/mol. The third-order valence-electron chi connectivity index (χ3n) is 5.40. The molecule has 0 aliphatic carbocycles. The second kappa shape index (κ2) is 9.40. The van der Waals surface area contributed by atoms with E-state index >= 15 is 0 Å². The molecule has 0 bridgehead atoms. The minimum absolute atomic E-state index is 0.149. The molecule has 0 atom stereocenters. The van der Waals surface area contributed by atoms with Gasteiger partial charge in [-0.15, -0.1) is 0 Å². The number of amides is 1. The fourth-order valence-corrected chi connectivity index (χ4v) is 3.70. The van der Waals surface area contributed by atoms with Gasteiger partial charge in [-0.05, 0) is 29.3 Å². The zero-order valence-electron chi connectivity index (χ0n) is 18.3. The topological polar surface area (TPSA) is 111 Å². The van der Waals surface area contributed by atoms with Crippen LogP contribution >= 0.6 is 0 Å². The van der Waals surface area contributed by atoms with Gasteiger partial charge in [0, 0.05) is 10.9 Å². The van der Waals surface area contributed by atoms with E-state index in [1.807, 2.05) is 78.9 Å². The molecular weight excluding hydrogens is 444 g/mol. The number of nitro groups is 1. The number of nitrogens with zero attached hydrogens (tertiary/aromatic N) is 3. The van der Waals surface area contributed by atoms with Gasteiger partial charge < -0.3 is 4.42 Å². The summed E-state index contributed by atoms with van der Waals surface area (Å²) in [6.07, 6.45) is 1.21. The standard InChI is InChI=1S/C27H18N4O4/c32-27(30-28-17-21-14-15-26(35-21)31(33)34)23-16-25(29-24-9-5-4-8-22(23)24)20-12-10-19(11-13-20)18-6-2-1-3-7-18/h1-17H,(H,30,32)/b28-17-. The molecule has 5 aromatic rings. The maximum atomic E-state index is 13.0. The van der Waals surface area contributed by atoms with E-state index in [1.54, 1.807) is 6.07 Å². The van der Waals surface area contributed by atoms with Gasteiger partial charge in [0.05, 0.1) is 29.1 Å². The van der Waals surface area contributed by atoms with E-state index in [0.717, 1.165) is 16.7 Å². The number of carbonyl (C=O) groups is 1. The smallest absolute Gasteiger partial charge is 0.400 e. The molecule has 170 valence electrons. The van der Waals surface area contributed by atoms with Gasteiger partial charge in [0.15, 0.2) is 5.76 Å². The molecule has 3 aromatic carbocycles. The summed E-state index contributed by atoms with van der Waals surface area (Å²) >= 11 is 0. The minimum Gasteiger partial charge on any atom is -0.400 e. The number of para-hydroxylation sites is 1. The molecule has 0 aliphatic rings. The number of carbonyl (C=O) groups excluding carboxylic acids is 1. The molecule has 0 radical (unpaired) electrons. The average molecular weight is 462 g/mol.